The third-order valence-corrected chi connectivity index (χ3v) is 5.23. The van der Waals surface area contributed by atoms with Crippen LogP contribution in [0.5, 0.6) is 0 Å². The molecule has 0 saturated heterocycles. The highest BCUT2D eigenvalue weighted by atomic mass is 32.2. The van der Waals surface area contributed by atoms with E-state index in [-0.39, 0.29) is 12.5 Å². The molecule has 0 radical (unpaired) electrons. The summed E-state index contributed by atoms with van der Waals surface area (Å²) in [5, 5.41) is 2.57. The Hall–Kier alpha value is -2.47. The molecule has 0 aromatic heterocycles. The molecule has 0 aliphatic heterocycles. The average molecular weight is 370 g/mol. The molecule has 0 spiro atoms. The number of ether oxygens (including phenoxy) is 1. The first-order chi connectivity index (χ1) is 12.6. The van der Waals surface area contributed by atoms with E-state index in [0.29, 0.717) is 6.42 Å². The molecule has 1 aliphatic rings. The van der Waals surface area contributed by atoms with E-state index in [2.05, 4.69) is 29.6 Å². The van der Waals surface area contributed by atoms with Crippen LogP contribution < -0.4 is 11.1 Å². The smallest absolute Gasteiger partial charge is 0.407 e. The zero-order valence-electron chi connectivity index (χ0n) is 14.6. The number of fused-ring (bicyclic) bond motifs is 3. The maximum Gasteiger partial charge on any atom is 0.407 e. The number of nitrogens with one attached hydrogen (secondary N) is 1. The quantitative estimate of drug-likeness (QED) is 0.784. The van der Waals surface area contributed by atoms with Crippen molar-refractivity contribution in [1.82, 2.24) is 5.32 Å². The molecule has 3 rings (SSSR count). The Balaban J connectivity index is 1.68. The molecule has 0 bridgehead atoms. The number of alkyl carbamates (subject to hydrolysis) is 1. The van der Waals surface area contributed by atoms with Crippen LogP contribution in [0.3, 0.4) is 0 Å². The van der Waals surface area contributed by atoms with Crippen LogP contribution in [0.25, 0.3) is 11.1 Å². The zero-order chi connectivity index (χ0) is 18.5. The van der Waals surface area contributed by atoms with E-state index in [9.17, 15) is 9.59 Å². The maximum atomic E-state index is 12.2. The molecule has 2 aromatic carbocycles. The Morgan fingerprint density at radius 2 is 1.69 bits per heavy atom. The van der Waals surface area contributed by atoms with Gasteiger partial charge in [0.15, 0.2) is 0 Å². The third-order valence-electron chi connectivity index (χ3n) is 4.59. The molecule has 0 saturated carbocycles. The van der Waals surface area contributed by atoms with E-state index >= 15 is 0 Å². The highest BCUT2D eigenvalue weighted by Crippen LogP contribution is 2.44. The van der Waals surface area contributed by atoms with Gasteiger partial charge in [0, 0.05) is 5.92 Å². The SMILES string of the molecule is CSCC[C@H](NC(=O)OCC1c2ccccc2-c2ccccc21)C(N)=O. The monoisotopic (exact) mass is 370 g/mol. The highest BCUT2D eigenvalue weighted by Gasteiger charge is 2.29. The fourth-order valence-corrected chi connectivity index (χ4v) is 3.78. The van der Waals surface area contributed by atoms with E-state index in [4.69, 9.17) is 10.5 Å². The minimum absolute atomic E-state index is 0.00799. The summed E-state index contributed by atoms with van der Waals surface area (Å²) in [7, 11) is 0. The second-order valence-corrected chi connectivity index (χ2v) is 7.19. The van der Waals surface area contributed by atoms with Crippen molar-refractivity contribution in [3.63, 3.8) is 0 Å². The van der Waals surface area contributed by atoms with Gasteiger partial charge in [-0.15, -0.1) is 0 Å². The number of nitrogens with two attached hydrogens (primary N) is 1. The Morgan fingerprint density at radius 3 is 2.23 bits per heavy atom. The van der Waals surface area contributed by atoms with Crippen molar-refractivity contribution in [2.45, 2.75) is 18.4 Å². The van der Waals surface area contributed by atoms with Gasteiger partial charge in [0.25, 0.3) is 0 Å². The maximum absolute atomic E-state index is 12.2. The normalized spacial score (nSPS) is 13.6. The van der Waals surface area contributed by atoms with Crippen molar-refractivity contribution in [3.8, 4) is 11.1 Å². The lowest BCUT2D eigenvalue weighted by molar-refractivity contribution is -0.119. The summed E-state index contributed by atoms with van der Waals surface area (Å²) >= 11 is 1.59. The van der Waals surface area contributed by atoms with Crippen molar-refractivity contribution in [2.75, 3.05) is 18.6 Å². The lowest BCUT2D eigenvalue weighted by Gasteiger charge is -2.17. The van der Waals surface area contributed by atoms with Gasteiger partial charge in [-0.25, -0.2) is 4.79 Å². The molecule has 3 N–H and O–H groups in total. The largest absolute Gasteiger partial charge is 0.449 e. The van der Waals surface area contributed by atoms with Crippen molar-refractivity contribution in [1.29, 1.82) is 0 Å². The van der Waals surface area contributed by atoms with Gasteiger partial charge >= 0.3 is 6.09 Å². The van der Waals surface area contributed by atoms with Crippen LogP contribution in [0.1, 0.15) is 23.5 Å². The minimum atomic E-state index is -0.710. The molecule has 0 heterocycles. The summed E-state index contributed by atoms with van der Waals surface area (Å²) in [5.41, 5.74) is 10.00. The summed E-state index contributed by atoms with van der Waals surface area (Å²) < 4.78 is 5.44. The van der Waals surface area contributed by atoms with Crippen LogP contribution in [0, 0.1) is 0 Å². The number of benzene rings is 2. The molecular formula is C20H22N2O3S. The van der Waals surface area contributed by atoms with Crippen molar-refractivity contribution in [2.24, 2.45) is 5.73 Å². The van der Waals surface area contributed by atoms with Gasteiger partial charge in [-0.2, -0.15) is 11.8 Å². The van der Waals surface area contributed by atoms with Crippen LogP contribution >= 0.6 is 11.8 Å². The molecule has 1 aliphatic carbocycles. The van der Waals surface area contributed by atoms with Crippen LogP contribution in [-0.2, 0) is 9.53 Å². The topological polar surface area (TPSA) is 81.4 Å². The van der Waals surface area contributed by atoms with Crippen LogP contribution in [0.4, 0.5) is 4.79 Å². The van der Waals surface area contributed by atoms with Gasteiger partial charge in [0.1, 0.15) is 12.6 Å². The van der Waals surface area contributed by atoms with Gasteiger partial charge in [-0.1, -0.05) is 48.5 Å². The van der Waals surface area contributed by atoms with Crippen molar-refractivity contribution < 1.29 is 14.3 Å². The number of hydrogen-bond donors (Lipinski definition) is 2. The molecule has 1 atom stereocenters. The number of amides is 2. The summed E-state index contributed by atoms with van der Waals surface area (Å²) in [5.74, 6) is 0.177. The van der Waals surface area contributed by atoms with E-state index in [1.54, 1.807) is 11.8 Å². The molecule has 5 nitrogen and oxygen atoms in total. The molecule has 0 unspecified atom stereocenters. The second-order valence-electron chi connectivity index (χ2n) is 6.21. The fraction of sp³-hybridized carbons (Fsp3) is 0.300. The molecular weight excluding hydrogens is 348 g/mol. The van der Waals surface area contributed by atoms with Gasteiger partial charge in [-0.05, 0) is 40.7 Å². The number of rotatable bonds is 7. The van der Waals surface area contributed by atoms with Crippen LogP contribution in [-0.4, -0.2) is 36.7 Å². The molecule has 2 aromatic rings. The standard InChI is InChI=1S/C20H22N2O3S/c1-26-11-10-18(19(21)23)22-20(24)25-12-17-15-8-4-2-6-13(15)14-7-3-5-9-16(14)17/h2-9,17-18H,10-12H2,1H3,(H2,21,23)(H,22,24)/t18-/m0/s1. The van der Waals surface area contributed by atoms with Crippen molar-refractivity contribution in [3.05, 3.63) is 59.7 Å². The second kappa shape index (κ2) is 8.27. The molecule has 0 fully saturated rings. The third kappa shape index (κ3) is 3.85. The molecule has 26 heavy (non-hydrogen) atoms. The Morgan fingerprint density at radius 1 is 1.12 bits per heavy atom. The zero-order valence-corrected chi connectivity index (χ0v) is 15.4. The lowest BCUT2D eigenvalue weighted by atomic mass is 9.98. The number of primary amides is 1. The van der Waals surface area contributed by atoms with E-state index in [0.717, 1.165) is 16.9 Å². The van der Waals surface area contributed by atoms with Gasteiger partial charge < -0.3 is 15.8 Å². The highest BCUT2D eigenvalue weighted by molar-refractivity contribution is 7.98. The number of hydrogen-bond acceptors (Lipinski definition) is 4. The number of thioether (sulfide) groups is 1. The predicted molar refractivity (Wildman–Crippen MR) is 104 cm³/mol. The summed E-state index contributed by atoms with van der Waals surface area (Å²) in [4.78, 5) is 23.6. The first kappa shape index (κ1) is 18.3. The molecule has 2 amide bonds. The Kier molecular flexibility index (Phi) is 5.83. The Labute approximate surface area is 157 Å². The molecule has 136 valence electrons. The summed E-state index contributed by atoms with van der Waals surface area (Å²) in [6.45, 7) is 0.216. The Bertz CT molecular complexity index is 764. The average Bonchev–Trinajstić information content (AvgIpc) is 2.97. The van der Waals surface area contributed by atoms with Gasteiger partial charge in [-0.3, -0.25) is 4.79 Å². The summed E-state index contributed by atoms with van der Waals surface area (Å²) in [6, 6.07) is 15.6. The van der Waals surface area contributed by atoms with Crippen LogP contribution in [0.15, 0.2) is 48.5 Å². The van der Waals surface area contributed by atoms with Gasteiger partial charge in [0.2, 0.25) is 5.91 Å². The molecule has 6 heteroatoms. The van der Waals surface area contributed by atoms with Gasteiger partial charge in [0.05, 0.1) is 0 Å². The predicted octanol–water partition coefficient (Wildman–Crippen LogP) is 3.13. The van der Waals surface area contributed by atoms with Crippen LogP contribution in [0.2, 0.25) is 0 Å². The first-order valence-corrected chi connectivity index (χ1v) is 9.91. The fourth-order valence-electron chi connectivity index (χ4n) is 3.30. The first-order valence-electron chi connectivity index (χ1n) is 8.51. The van der Waals surface area contributed by atoms with Crippen molar-refractivity contribution >= 4 is 23.8 Å². The van der Waals surface area contributed by atoms with E-state index in [1.165, 1.54) is 11.1 Å². The minimum Gasteiger partial charge on any atom is -0.449 e. The van der Waals surface area contributed by atoms with E-state index in [1.807, 2.05) is 30.5 Å². The lowest BCUT2D eigenvalue weighted by Crippen LogP contribution is -2.45. The summed E-state index contributed by atoms with van der Waals surface area (Å²) in [6.07, 6.45) is 1.81. The number of carbonyl (C=O) groups excluding carboxylic acids is 2. The van der Waals surface area contributed by atoms with E-state index < -0.39 is 18.0 Å². The number of carbonyl (C=O) groups is 2.